The molecule has 5 nitrogen and oxygen atoms in total. The van der Waals surface area contributed by atoms with Gasteiger partial charge >= 0.3 is 0 Å². The molecule has 2 atom stereocenters. The Balaban J connectivity index is 2.07. The van der Waals surface area contributed by atoms with Crippen molar-refractivity contribution >= 4 is 5.91 Å². The van der Waals surface area contributed by atoms with Gasteiger partial charge in [-0.25, -0.2) is 0 Å². The highest BCUT2D eigenvalue weighted by molar-refractivity contribution is 5.81. The fourth-order valence-corrected chi connectivity index (χ4v) is 2.79. The van der Waals surface area contributed by atoms with E-state index in [0.717, 1.165) is 11.1 Å². The first kappa shape index (κ1) is 20.6. The summed E-state index contributed by atoms with van der Waals surface area (Å²) in [7, 11) is 3.19. The van der Waals surface area contributed by atoms with Crippen LogP contribution in [0.4, 0.5) is 0 Å². The molecular weight excluding hydrogens is 342 g/mol. The lowest BCUT2D eigenvalue weighted by Gasteiger charge is -2.21. The van der Waals surface area contributed by atoms with Gasteiger partial charge in [0.25, 0.3) is 5.91 Å². The van der Waals surface area contributed by atoms with E-state index < -0.39 is 6.10 Å². The summed E-state index contributed by atoms with van der Waals surface area (Å²) in [4.78, 5) is 12.7. The van der Waals surface area contributed by atoms with Gasteiger partial charge in [-0.15, -0.1) is 0 Å². The molecule has 5 heteroatoms. The molecule has 0 fully saturated rings. The largest absolute Gasteiger partial charge is 0.493 e. The summed E-state index contributed by atoms with van der Waals surface area (Å²) in [5.74, 6) is 1.86. The lowest BCUT2D eigenvalue weighted by atomic mass is 10.1. The van der Waals surface area contributed by atoms with Gasteiger partial charge in [0.05, 0.1) is 20.3 Å². The van der Waals surface area contributed by atoms with Gasteiger partial charge in [0.2, 0.25) is 0 Å². The Morgan fingerprint density at radius 2 is 1.70 bits per heavy atom. The smallest absolute Gasteiger partial charge is 0.261 e. The highest BCUT2D eigenvalue weighted by atomic mass is 16.5. The third-order valence-electron chi connectivity index (χ3n) is 4.69. The van der Waals surface area contributed by atoms with Crippen LogP contribution in [-0.2, 0) is 4.79 Å². The van der Waals surface area contributed by atoms with Crippen LogP contribution in [0.2, 0.25) is 0 Å². The Bertz CT molecular complexity index is 788. The molecule has 0 saturated carbocycles. The van der Waals surface area contributed by atoms with E-state index >= 15 is 0 Å². The van der Waals surface area contributed by atoms with Crippen molar-refractivity contribution in [2.24, 2.45) is 0 Å². The standard InChI is InChI=1S/C22H29NO4/c1-7-19(27-18-10-8-14(2)15(3)12-18)22(24)23-16(4)17-9-11-20(25-5)21(13-17)26-6/h8-13,16,19H,7H2,1-6H3,(H,23,24)/t16-,19-/m1/s1. The molecule has 27 heavy (non-hydrogen) atoms. The number of nitrogens with one attached hydrogen (secondary N) is 1. The summed E-state index contributed by atoms with van der Waals surface area (Å²) in [6, 6.07) is 11.3. The van der Waals surface area contributed by atoms with Crippen molar-refractivity contribution in [3.05, 3.63) is 53.1 Å². The zero-order valence-corrected chi connectivity index (χ0v) is 17.0. The Hall–Kier alpha value is -2.69. The van der Waals surface area contributed by atoms with Crippen LogP contribution in [0.25, 0.3) is 0 Å². The number of ether oxygens (including phenoxy) is 3. The molecule has 1 N–H and O–H groups in total. The number of carbonyl (C=O) groups excluding carboxylic acids is 1. The molecule has 2 aromatic carbocycles. The highest BCUT2D eigenvalue weighted by Gasteiger charge is 2.21. The van der Waals surface area contributed by atoms with Gasteiger partial charge in [-0.2, -0.15) is 0 Å². The van der Waals surface area contributed by atoms with Crippen LogP contribution in [0.15, 0.2) is 36.4 Å². The quantitative estimate of drug-likeness (QED) is 0.749. The minimum Gasteiger partial charge on any atom is -0.493 e. The van der Waals surface area contributed by atoms with Crippen molar-refractivity contribution in [2.45, 2.75) is 46.3 Å². The monoisotopic (exact) mass is 371 g/mol. The van der Waals surface area contributed by atoms with Crippen LogP contribution >= 0.6 is 0 Å². The number of carbonyl (C=O) groups is 1. The molecule has 2 aromatic rings. The van der Waals surface area contributed by atoms with E-state index in [1.807, 2.05) is 64.1 Å². The first-order valence-corrected chi connectivity index (χ1v) is 9.15. The normalized spacial score (nSPS) is 12.8. The van der Waals surface area contributed by atoms with Crippen molar-refractivity contribution in [3.8, 4) is 17.2 Å². The minimum absolute atomic E-state index is 0.141. The fourth-order valence-electron chi connectivity index (χ4n) is 2.79. The zero-order valence-electron chi connectivity index (χ0n) is 17.0. The molecule has 1 amide bonds. The average molecular weight is 371 g/mol. The minimum atomic E-state index is -0.547. The van der Waals surface area contributed by atoms with Gasteiger partial charge in [0.1, 0.15) is 5.75 Å². The van der Waals surface area contributed by atoms with E-state index in [1.54, 1.807) is 14.2 Å². The lowest BCUT2D eigenvalue weighted by Crippen LogP contribution is -2.39. The number of methoxy groups -OCH3 is 2. The second-order valence-corrected chi connectivity index (χ2v) is 6.61. The lowest BCUT2D eigenvalue weighted by molar-refractivity contribution is -0.128. The first-order valence-electron chi connectivity index (χ1n) is 9.15. The van der Waals surface area contributed by atoms with Crippen molar-refractivity contribution < 1.29 is 19.0 Å². The molecule has 0 aliphatic carbocycles. The molecule has 146 valence electrons. The Morgan fingerprint density at radius 3 is 2.30 bits per heavy atom. The predicted molar refractivity (Wildman–Crippen MR) is 107 cm³/mol. The third-order valence-corrected chi connectivity index (χ3v) is 4.69. The Labute approximate surface area is 161 Å². The summed E-state index contributed by atoms with van der Waals surface area (Å²) in [6.45, 7) is 7.95. The number of amides is 1. The van der Waals surface area contributed by atoms with Gasteiger partial charge < -0.3 is 19.5 Å². The van der Waals surface area contributed by atoms with E-state index in [1.165, 1.54) is 5.56 Å². The number of rotatable bonds is 8. The molecule has 2 rings (SSSR count). The highest BCUT2D eigenvalue weighted by Crippen LogP contribution is 2.30. The SMILES string of the molecule is CC[C@@H](Oc1ccc(C)c(C)c1)C(=O)N[C@H](C)c1ccc(OC)c(OC)c1. The fraction of sp³-hybridized carbons (Fsp3) is 0.409. The summed E-state index contributed by atoms with van der Waals surface area (Å²) >= 11 is 0. The number of benzene rings is 2. The molecular formula is C22H29NO4. The molecule has 0 aromatic heterocycles. The van der Waals surface area contributed by atoms with Crippen LogP contribution < -0.4 is 19.5 Å². The van der Waals surface area contributed by atoms with Crippen molar-refractivity contribution in [1.82, 2.24) is 5.32 Å². The second kappa shape index (κ2) is 9.31. The summed E-state index contributed by atoms with van der Waals surface area (Å²) in [6.07, 6.45) is 0.0342. The van der Waals surface area contributed by atoms with Crippen LogP contribution in [0, 0.1) is 13.8 Å². The van der Waals surface area contributed by atoms with E-state index in [9.17, 15) is 4.79 Å². The Kier molecular flexibility index (Phi) is 7.11. The molecule has 0 aliphatic rings. The predicted octanol–water partition coefficient (Wildman–Crippen LogP) is 4.36. The second-order valence-electron chi connectivity index (χ2n) is 6.61. The van der Waals surface area contributed by atoms with Crippen LogP contribution in [0.1, 0.15) is 43.0 Å². The number of hydrogen-bond acceptors (Lipinski definition) is 4. The van der Waals surface area contributed by atoms with Crippen molar-refractivity contribution in [1.29, 1.82) is 0 Å². The van der Waals surface area contributed by atoms with Crippen LogP contribution in [0.3, 0.4) is 0 Å². The molecule has 0 bridgehead atoms. The van der Waals surface area contributed by atoms with E-state index in [-0.39, 0.29) is 11.9 Å². The van der Waals surface area contributed by atoms with Crippen LogP contribution in [0.5, 0.6) is 17.2 Å². The van der Waals surface area contributed by atoms with Crippen LogP contribution in [-0.4, -0.2) is 26.2 Å². The van der Waals surface area contributed by atoms with Gasteiger partial charge in [0, 0.05) is 0 Å². The maximum Gasteiger partial charge on any atom is 0.261 e. The molecule has 0 radical (unpaired) electrons. The molecule has 0 aliphatic heterocycles. The average Bonchev–Trinajstić information content (AvgIpc) is 2.67. The maximum atomic E-state index is 12.7. The van der Waals surface area contributed by atoms with E-state index in [2.05, 4.69) is 5.32 Å². The molecule has 0 unspecified atom stereocenters. The van der Waals surface area contributed by atoms with E-state index in [4.69, 9.17) is 14.2 Å². The van der Waals surface area contributed by atoms with Crippen molar-refractivity contribution in [2.75, 3.05) is 14.2 Å². The van der Waals surface area contributed by atoms with Gasteiger partial charge in [-0.05, 0) is 68.1 Å². The molecule has 0 saturated heterocycles. The first-order chi connectivity index (χ1) is 12.9. The van der Waals surface area contributed by atoms with Crippen molar-refractivity contribution in [3.63, 3.8) is 0 Å². The van der Waals surface area contributed by atoms with Gasteiger partial charge in [-0.1, -0.05) is 19.1 Å². The van der Waals surface area contributed by atoms with Gasteiger partial charge in [0.15, 0.2) is 17.6 Å². The zero-order chi connectivity index (χ0) is 20.0. The Morgan fingerprint density at radius 1 is 1.00 bits per heavy atom. The van der Waals surface area contributed by atoms with E-state index in [0.29, 0.717) is 23.7 Å². The molecule has 0 heterocycles. The molecule has 0 spiro atoms. The number of hydrogen-bond donors (Lipinski definition) is 1. The van der Waals surface area contributed by atoms with Gasteiger partial charge in [-0.3, -0.25) is 4.79 Å². The third kappa shape index (κ3) is 5.16. The topological polar surface area (TPSA) is 56.8 Å². The summed E-state index contributed by atoms with van der Waals surface area (Å²) in [5.41, 5.74) is 3.27. The summed E-state index contributed by atoms with van der Waals surface area (Å²) < 4.78 is 16.5. The summed E-state index contributed by atoms with van der Waals surface area (Å²) in [5, 5.41) is 3.02. The number of aryl methyl sites for hydroxylation is 2. The maximum absolute atomic E-state index is 12.7.